The molecule has 0 radical (unpaired) electrons. The summed E-state index contributed by atoms with van der Waals surface area (Å²) >= 11 is 0. The summed E-state index contributed by atoms with van der Waals surface area (Å²) in [4.78, 5) is 33.7. The molecule has 3 saturated carbocycles. The maximum absolute atomic E-state index is 11.5. The van der Waals surface area contributed by atoms with Crippen LogP contribution in [0.1, 0.15) is 62.5 Å². The first kappa shape index (κ1) is 33.2. The quantitative estimate of drug-likeness (QED) is 0.286. The van der Waals surface area contributed by atoms with Crippen LogP contribution < -0.4 is 5.73 Å². The van der Waals surface area contributed by atoms with E-state index >= 15 is 0 Å². The zero-order chi connectivity index (χ0) is 30.3. The van der Waals surface area contributed by atoms with Crippen molar-refractivity contribution in [1.29, 1.82) is 0 Å². The van der Waals surface area contributed by atoms with Crippen LogP contribution in [0.25, 0.3) is 0 Å². The molecule has 2 aromatic rings. The number of ether oxygens (including phenoxy) is 2. The summed E-state index contributed by atoms with van der Waals surface area (Å²) < 4.78 is 10.3. The van der Waals surface area contributed by atoms with E-state index in [4.69, 9.17) is 30.5 Å². The molecular formula is C33H45NO8. The molecule has 5 N–H and O–H groups in total. The fourth-order valence-corrected chi connectivity index (χ4v) is 5.30. The molecule has 0 spiro atoms. The summed E-state index contributed by atoms with van der Waals surface area (Å²) in [5.41, 5.74) is 7.41. The highest BCUT2D eigenvalue weighted by Gasteiger charge is 2.35. The number of carbonyl (C=O) groups excluding carboxylic acids is 2. The first-order valence-corrected chi connectivity index (χ1v) is 14.8. The van der Waals surface area contributed by atoms with Crippen molar-refractivity contribution in [3.63, 3.8) is 0 Å². The number of hydrogen-bond acceptors (Lipinski definition) is 8. The molecule has 0 saturated heterocycles. The van der Waals surface area contributed by atoms with Gasteiger partial charge in [0.2, 0.25) is 0 Å². The minimum Gasteiger partial charge on any atom is -0.481 e. The summed E-state index contributed by atoms with van der Waals surface area (Å²) in [7, 11) is 0. The maximum Gasteiger partial charge on any atom is 0.306 e. The molecule has 0 aliphatic heterocycles. The molecule has 5 rings (SSSR count). The molecule has 9 heteroatoms. The van der Waals surface area contributed by atoms with Gasteiger partial charge in [-0.15, -0.1) is 0 Å². The number of aliphatic hydroxyl groups excluding tert-OH is 2. The zero-order valence-electron chi connectivity index (χ0n) is 24.2. The van der Waals surface area contributed by atoms with Crippen molar-refractivity contribution in [3.8, 4) is 0 Å². The Morgan fingerprint density at radius 2 is 1.05 bits per heavy atom. The van der Waals surface area contributed by atoms with Crippen molar-refractivity contribution in [1.82, 2.24) is 0 Å². The Morgan fingerprint density at radius 1 is 0.643 bits per heavy atom. The number of esters is 2. The molecule has 0 amide bonds. The summed E-state index contributed by atoms with van der Waals surface area (Å²) in [6, 6.07) is 19.6. The highest BCUT2D eigenvalue weighted by atomic mass is 16.5. The van der Waals surface area contributed by atoms with Crippen molar-refractivity contribution in [2.75, 3.05) is 13.2 Å². The first-order chi connectivity index (χ1) is 20.2. The zero-order valence-corrected chi connectivity index (χ0v) is 24.2. The lowest BCUT2D eigenvalue weighted by molar-refractivity contribution is -0.152. The monoisotopic (exact) mass is 583 g/mol. The van der Waals surface area contributed by atoms with Crippen molar-refractivity contribution < 1.29 is 39.2 Å². The van der Waals surface area contributed by atoms with Gasteiger partial charge in [-0.05, 0) is 73.3 Å². The first-order valence-electron chi connectivity index (χ1n) is 14.8. The highest BCUT2D eigenvalue weighted by molar-refractivity contribution is 5.73. The number of hydrogen-bond donors (Lipinski definition) is 4. The second-order valence-electron chi connectivity index (χ2n) is 11.7. The van der Waals surface area contributed by atoms with Crippen molar-refractivity contribution in [2.24, 2.45) is 35.3 Å². The van der Waals surface area contributed by atoms with E-state index in [1.807, 2.05) is 60.7 Å². The predicted molar refractivity (Wildman–Crippen MR) is 157 cm³/mol. The van der Waals surface area contributed by atoms with Crippen LogP contribution in [0.3, 0.4) is 0 Å². The number of benzene rings is 2. The van der Waals surface area contributed by atoms with Gasteiger partial charge in [0.1, 0.15) is 13.2 Å². The topological polar surface area (TPSA) is 156 Å². The van der Waals surface area contributed by atoms with E-state index in [9.17, 15) is 14.4 Å². The molecule has 9 nitrogen and oxygen atoms in total. The Morgan fingerprint density at radius 3 is 1.40 bits per heavy atom. The van der Waals surface area contributed by atoms with Gasteiger partial charge < -0.3 is 30.5 Å². The van der Waals surface area contributed by atoms with Crippen LogP contribution in [-0.2, 0) is 37.1 Å². The maximum atomic E-state index is 11.5. The van der Waals surface area contributed by atoms with E-state index in [-0.39, 0.29) is 37.0 Å². The van der Waals surface area contributed by atoms with Crippen LogP contribution in [-0.4, -0.2) is 52.5 Å². The highest BCUT2D eigenvalue weighted by Crippen LogP contribution is 2.37. The average Bonchev–Trinajstić information content (AvgIpc) is 2.94. The largest absolute Gasteiger partial charge is 0.481 e. The summed E-state index contributed by atoms with van der Waals surface area (Å²) in [6.45, 7) is 1.22. The fourth-order valence-electron chi connectivity index (χ4n) is 5.30. The number of nitrogens with two attached hydrogens (primary N) is 1. The van der Waals surface area contributed by atoms with E-state index in [1.165, 1.54) is 0 Å². The normalized spacial score (nSPS) is 25.4. The van der Waals surface area contributed by atoms with Crippen LogP contribution in [0.2, 0.25) is 0 Å². The standard InChI is InChI=1S/C14H16O4.C14H18O3.C5H11NO/c15-13(8-11-6-12(7-11)14(16)17)18-9-10-4-2-1-3-5-10;15-9-13-6-12(7-13)8-14(16)17-10-11-4-2-1-3-5-11;6-5-1-4(2-5)3-7/h1-5,11-12H,6-9H2,(H,16,17);1-5,12-13,15H,6-10H2;4-5,7H,1-3,6H2. The van der Waals surface area contributed by atoms with Gasteiger partial charge in [-0.2, -0.15) is 0 Å². The third-order valence-electron chi connectivity index (χ3n) is 8.10. The second kappa shape index (κ2) is 17.6. The van der Waals surface area contributed by atoms with Gasteiger partial charge in [-0.25, -0.2) is 0 Å². The molecule has 0 atom stereocenters. The van der Waals surface area contributed by atoms with Gasteiger partial charge in [-0.3, -0.25) is 14.4 Å². The SMILES string of the molecule is NC1CC(CO)C1.O=C(CC1CC(C(=O)O)C1)OCc1ccccc1.O=C(CC1CC(CO)C1)OCc1ccccc1. The van der Waals surface area contributed by atoms with Crippen LogP contribution in [0, 0.1) is 29.6 Å². The number of aliphatic carboxylic acids is 1. The summed E-state index contributed by atoms with van der Waals surface area (Å²) in [5, 5.41) is 26.0. The lowest BCUT2D eigenvalue weighted by atomic mass is 9.73. The minimum absolute atomic E-state index is 0.129. The Balaban J connectivity index is 0.000000188. The van der Waals surface area contributed by atoms with Crippen LogP contribution in [0.15, 0.2) is 60.7 Å². The van der Waals surface area contributed by atoms with Crippen LogP contribution >= 0.6 is 0 Å². The molecule has 42 heavy (non-hydrogen) atoms. The van der Waals surface area contributed by atoms with E-state index in [0.717, 1.165) is 36.8 Å². The minimum atomic E-state index is -0.760. The van der Waals surface area contributed by atoms with Crippen LogP contribution in [0.4, 0.5) is 0 Å². The van der Waals surface area contributed by atoms with Crippen molar-refractivity contribution in [2.45, 2.75) is 70.6 Å². The Labute approximate surface area is 248 Å². The van der Waals surface area contributed by atoms with E-state index in [1.54, 1.807) is 0 Å². The van der Waals surface area contributed by atoms with Crippen molar-refractivity contribution >= 4 is 17.9 Å². The van der Waals surface area contributed by atoms with Gasteiger partial charge in [0, 0.05) is 32.1 Å². The number of aliphatic hydroxyl groups is 2. The second-order valence-corrected chi connectivity index (χ2v) is 11.7. The van der Waals surface area contributed by atoms with E-state index in [2.05, 4.69) is 0 Å². The molecule has 3 aliphatic carbocycles. The van der Waals surface area contributed by atoms with Gasteiger partial charge in [0.25, 0.3) is 0 Å². The summed E-state index contributed by atoms with van der Waals surface area (Å²) in [5.74, 6) is 0.116. The summed E-state index contributed by atoms with van der Waals surface area (Å²) in [6.07, 6.45) is 5.96. The molecule has 2 aromatic carbocycles. The number of carboxylic acids is 1. The van der Waals surface area contributed by atoms with Crippen molar-refractivity contribution in [3.05, 3.63) is 71.8 Å². The lowest BCUT2D eigenvalue weighted by Gasteiger charge is -2.33. The van der Waals surface area contributed by atoms with Crippen LogP contribution in [0.5, 0.6) is 0 Å². The van der Waals surface area contributed by atoms with Gasteiger partial charge in [0.15, 0.2) is 0 Å². The molecule has 230 valence electrons. The molecule has 0 heterocycles. The molecule has 0 aromatic heterocycles. The fraction of sp³-hybridized carbons (Fsp3) is 0.545. The third kappa shape index (κ3) is 11.9. The number of rotatable bonds is 11. The Kier molecular flexibility index (Phi) is 14.0. The van der Waals surface area contributed by atoms with E-state index < -0.39 is 5.97 Å². The lowest BCUT2D eigenvalue weighted by Crippen LogP contribution is -2.37. The number of carboxylic acid groups (broad SMARTS) is 1. The average molecular weight is 584 g/mol. The van der Waals surface area contributed by atoms with Gasteiger partial charge in [0.05, 0.1) is 5.92 Å². The third-order valence-corrected chi connectivity index (χ3v) is 8.10. The molecular weight excluding hydrogens is 538 g/mol. The van der Waals surface area contributed by atoms with Gasteiger partial charge >= 0.3 is 17.9 Å². The Hall–Kier alpha value is -3.27. The molecule has 3 aliphatic rings. The Bertz CT molecular complexity index is 1080. The molecule has 3 fully saturated rings. The van der Waals surface area contributed by atoms with E-state index in [0.29, 0.717) is 62.7 Å². The van der Waals surface area contributed by atoms with Gasteiger partial charge in [-0.1, -0.05) is 60.7 Å². The molecule has 0 unspecified atom stereocenters. The smallest absolute Gasteiger partial charge is 0.306 e. The predicted octanol–water partition coefficient (Wildman–Crippen LogP) is 4.09. The number of carbonyl (C=O) groups is 3. The molecule has 0 bridgehead atoms.